The average Bonchev–Trinajstić information content (AvgIpc) is 2.87. The van der Waals surface area contributed by atoms with Crippen LogP contribution in [0.1, 0.15) is 24.1 Å². The van der Waals surface area contributed by atoms with Crippen molar-refractivity contribution in [3.8, 4) is 0 Å². The van der Waals surface area contributed by atoms with Gasteiger partial charge >= 0.3 is 0 Å². The standard InChI is InChI=1S/C12H19BrN2S/c1-15(6-4-11-3-2-5-14-11)8-12-7-10(13)9-16-12/h7,9,11,14H,2-6,8H2,1H3. The third-order valence-electron chi connectivity index (χ3n) is 3.07. The highest BCUT2D eigenvalue weighted by atomic mass is 79.9. The van der Waals surface area contributed by atoms with Crippen molar-refractivity contribution in [3.05, 3.63) is 20.8 Å². The third-order valence-corrected chi connectivity index (χ3v) is 4.75. The molecule has 0 amide bonds. The van der Waals surface area contributed by atoms with E-state index in [1.807, 2.05) is 11.3 Å². The van der Waals surface area contributed by atoms with E-state index in [1.54, 1.807) is 0 Å². The van der Waals surface area contributed by atoms with E-state index in [-0.39, 0.29) is 0 Å². The molecule has 1 N–H and O–H groups in total. The first kappa shape index (κ1) is 12.6. The molecule has 0 saturated carbocycles. The van der Waals surface area contributed by atoms with E-state index in [0.29, 0.717) is 0 Å². The Bertz CT molecular complexity index is 321. The van der Waals surface area contributed by atoms with Gasteiger partial charge in [0, 0.05) is 27.3 Å². The zero-order valence-electron chi connectivity index (χ0n) is 9.71. The molecule has 1 unspecified atom stereocenters. The lowest BCUT2D eigenvalue weighted by atomic mass is 10.1. The van der Waals surface area contributed by atoms with Crippen molar-refractivity contribution >= 4 is 27.3 Å². The van der Waals surface area contributed by atoms with Crippen LogP contribution in [0.25, 0.3) is 0 Å². The van der Waals surface area contributed by atoms with Gasteiger partial charge in [-0.15, -0.1) is 11.3 Å². The first-order valence-electron chi connectivity index (χ1n) is 5.89. The lowest BCUT2D eigenvalue weighted by Gasteiger charge is -2.18. The fourth-order valence-electron chi connectivity index (χ4n) is 2.16. The van der Waals surface area contributed by atoms with Crippen molar-refractivity contribution in [2.45, 2.75) is 31.8 Å². The van der Waals surface area contributed by atoms with Gasteiger partial charge in [0.25, 0.3) is 0 Å². The molecule has 0 aromatic carbocycles. The molecule has 0 radical (unpaired) electrons. The highest BCUT2D eigenvalue weighted by Gasteiger charge is 2.14. The van der Waals surface area contributed by atoms with E-state index >= 15 is 0 Å². The Morgan fingerprint density at radius 2 is 2.50 bits per heavy atom. The molecule has 0 spiro atoms. The molecule has 1 aliphatic rings. The summed E-state index contributed by atoms with van der Waals surface area (Å²) in [5, 5.41) is 5.70. The van der Waals surface area contributed by atoms with Crippen LogP contribution in [0.15, 0.2) is 15.9 Å². The minimum Gasteiger partial charge on any atom is -0.314 e. The van der Waals surface area contributed by atoms with Gasteiger partial charge in [0.05, 0.1) is 0 Å². The van der Waals surface area contributed by atoms with Gasteiger partial charge in [0.2, 0.25) is 0 Å². The van der Waals surface area contributed by atoms with Crippen LogP contribution in [0.5, 0.6) is 0 Å². The molecular weight excluding hydrogens is 284 g/mol. The van der Waals surface area contributed by atoms with Crippen LogP contribution in [0.3, 0.4) is 0 Å². The van der Waals surface area contributed by atoms with E-state index in [0.717, 1.165) is 12.6 Å². The molecule has 1 aromatic rings. The van der Waals surface area contributed by atoms with Crippen LogP contribution >= 0.6 is 27.3 Å². The summed E-state index contributed by atoms with van der Waals surface area (Å²) in [5.74, 6) is 0. The van der Waals surface area contributed by atoms with Crippen LogP contribution in [0, 0.1) is 0 Å². The maximum Gasteiger partial charge on any atom is 0.0325 e. The van der Waals surface area contributed by atoms with Gasteiger partial charge in [-0.05, 0) is 61.4 Å². The first-order valence-corrected chi connectivity index (χ1v) is 7.56. The van der Waals surface area contributed by atoms with Crippen molar-refractivity contribution in [3.63, 3.8) is 0 Å². The Labute approximate surface area is 110 Å². The van der Waals surface area contributed by atoms with Crippen LogP contribution in [0.2, 0.25) is 0 Å². The maximum absolute atomic E-state index is 3.55. The molecule has 4 heteroatoms. The number of thiophene rings is 1. The van der Waals surface area contributed by atoms with Crippen LogP contribution in [-0.4, -0.2) is 31.1 Å². The predicted molar refractivity (Wildman–Crippen MR) is 74.0 cm³/mol. The smallest absolute Gasteiger partial charge is 0.0325 e. The molecule has 1 fully saturated rings. The van der Waals surface area contributed by atoms with Crippen LogP contribution in [-0.2, 0) is 6.54 Å². The second kappa shape index (κ2) is 6.15. The molecule has 90 valence electrons. The number of hydrogen-bond acceptors (Lipinski definition) is 3. The van der Waals surface area contributed by atoms with E-state index < -0.39 is 0 Å². The minimum absolute atomic E-state index is 0.762. The quantitative estimate of drug-likeness (QED) is 0.899. The topological polar surface area (TPSA) is 15.3 Å². The molecule has 16 heavy (non-hydrogen) atoms. The molecule has 2 nitrogen and oxygen atoms in total. The van der Waals surface area contributed by atoms with Crippen molar-refractivity contribution in [2.24, 2.45) is 0 Å². The van der Waals surface area contributed by atoms with Gasteiger partial charge in [0.15, 0.2) is 0 Å². The average molecular weight is 303 g/mol. The molecule has 1 saturated heterocycles. The summed E-state index contributed by atoms with van der Waals surface area (Å²) in [4.78, 5) is 3.85. The van der Waals surface area contributed by atoms with Crippen molar-refractivity contribution in [1.29, 1.82) is 0 Å². The van der Waals surface area contributed by atoms with E-state index in [2.05, 4.69) is 44.6 Å². The monoisotopic (exact) mass is 302 g/mol. The second-order valence-electron chi connectivity index (χ2n) is 4.55. The zero-order chi connectivity index (χ0) is 11.4. The maximum atomic E-state index is 3.55. The number of halogens is 1. The van der Waals surface area contributed by atoms with Gasteiger partial charge < -0.3 is 10.2 Å². The Morgan fingerprint density at radius 3 is 3.12 bits per heavy atom. The Kier molecular flexibility index (Phi) is 4.82. The van der Waals surface area contributed by atoms with Gasteiger partial charge in [-0.25, -0.2) is 0 Å². The van der Waals surface area contributed by atoms with Gasteiger partial charge in [-0.2, -0.15) is 0 Å². The van der Waals surface area contributed by atoms with Gasteiger partial charge in [0.1, 0.15) is 0 Å². The van der Waals surface area contributed by atoms with E-state index in [4.69, 9.17) is 0 Å². The third kappa shape index (κ3) is 3.84. The highest BCUT2D eigenvalue weighted by Crippen LogP contribution is 2.21. The summed E-state index contributed by atoms with van der Waals surface area (Å²) in [7, 11) is 2.21. The fraction of sp³-hybridized carbons (Fsp3) is 0.667. The Morgan fingerprint density at radius 1 is 1.62 bits per heavy atom. The van der Waals surface area contributed by atoms with E-state index in [1.165, 1.54) is 41.7 Å². The minimum atomic E-state index is 0.762. The van der Waals surface area contributed by atoms with Crippen molar-refractivity contribution in [2.75, 3.05) is 20.1 Å². The van der Waals surface area contributed by atoms with E-state index in [9.17, 15) is 0 Å². The summed E-state index contributed by atoms with van der Waals surface area (Å²) in [6.07, 6.45) is 3.99. The number of rotatable bonds is 5. The summed E-state index contributed by atoms with van der Waals surface area (Å²) in [6, 6.07) is 2.98. The molecular formula is C12H19BrN2S. The largest absolute Gasteiger partial charge is 0.314 e. The lowest BCUT2D eigenvalue weighted by Crippen LogP contribution is -2.28. The molecule has 1 atom stereocenters. The molecule has 0 bridgehead atoms. The van der Waals surface area contributed by atoms with Crippen molar-refractivity contribution in [1.82, 2.24) is 10.2 Å². The normalized spacial score (nSPS) is 20.8. The molecule has 1 aromatic heterocycles. The number of hydrogen-bond donors (Lipinski definition) is 1. The fourth-order valence-corrected chi connectivity index (χ4v) is 3.69. The molecule has 2 heterocycles. The Hall–Kier alpha value is 0.1000. The molecule has 2 rings (SSSR count). The highest BCUT2D eigenvalue weighted by molar-refractivity contribution is 9.10. The summed E-state index contributed by atoms with van der Waals surface area (Å²) in [5.41, 5.74) is 0. The summed E-state index contributed by atoms with van der Waals surface area (Å²) < 4.78 is 1.21. The SMILES string of the molecule is CN(CCC1CCCN1)Cc1cc(Br)cs1. The van der Waals surface area contributed by atoms with Gasteiger partial charge in [-0.1, -0.05) is 0 Å². The van der Waals surface area contributed by atoms with Crippen LogP contribution < -0.4 is 5.32 Å². The predicted octanol–water partition coefficient (Wildman–Crippen LogP) is 3.08. The van der Waals surface area contributed by atoms with Crippen LogP contribution in [0.4, 0.5) is 0 Å². The molecule has 1 aliphatic heterocycles. The first-order chi connectivity index (χ1) is 7.74. The van der Waals surface area contributed by atoms with Crippen molar-refractivity contribution < 1.29 is 0 Å². The zero-order valence-corrected chi connectivity index (χ0v) is 12.1. The summed E-state index contributed by atoms with van der Waals surface area (Å²) >= 11 is 5.33. The Balaban J connectivity index is 1.69. The number of nitrogens with one attached hydrogen (secondary N) is 1. The second-order valence-corrected chi connectivity index (χ2v) is 6.46. The molecule has 0 aliphatic carbocycles. The van der Waals surface area contributed by atoms with Gasteiger partial charge in [-0.3, -0.25) is 0 Å². The lowest BCUT2D eigenvalue weighted by molar-refractivity contribution is 0.308. The summed E-state index contributed by atoms with van der Waals surface area (Å²) in [6.45, 7) is 3.47. The number of nitrogens with zero attached hydrogens (tertiary/aromatic N) is 1.